The second kappa shape index (κ2) is 9.61. The van der Waals surface area contributed by atoms with E-state index >= 15 is 0 Å². The Morgan fingerprint density at radius 1 is 1.00 bits per heavy atom. The van der Waals surface area contributed by atoms with E-state index in [0.717, 1.165) is 10.8 Å². The molecule has 1 aliphatic heterocycles. The first-order chi connectivity index (χ1) is 15.9. The molecule has 3 aromatic rings. The summed E-state index contributed by atoms with van der Waals surface area (Å²) in [5, 5.41) is 0. The quantitative estimate of drug-likeness (QED) is 0.567. The van der Waals surface area contributed by atoms with Gasteiger partial charge in [0.1, 0.15) is 25.0 Å². The van der Waals surface area contributed by atoms with Crippen LogP contribution in [0, 0.1) is 5.82 Å². The van der Waals surface area contributed by atoms with Gasteiger partial charge in [0, 0.05) is 6.42 Å². The average Bonchev–Trinajstić information content (AvgIpc) is 3.23. The maximum Gasteiger partial charge on any atom is 0.338 e. The summed E-state index contributed by atoms with van der Waals surface area (Å²) in [5.41, 5.74) is -1.42. The molecular weight excluding hydrogens is 435 g/mol. The number of H-pyrrole nitrogens is 1. The molecule has 4 rings (SSSR count). The highest BCUT2D eigenvalue weighted by atomic mass is 19.1. The van der Waals surface area contributed by atoms with Crippen molar-refractivity contribution in [3.05, 3.63) is 105 Å². The number of benzene rings is 2. The average molecular weight is 454 g/mol. The van der Waals surface area contributed by atoms with Crippen LogP contribution in [0.3, 0.4) is 0 Å². The fourth-order valence-electron chi connectivity index (χ4n) is 3.42. The van der Waals surface area contributed by atoms with Gasteiger partial charge in [-0.15, -0.1) is 0 Å². The molecule has 0 spiro atoms. The molecule has 2 heterocycles. The second-order valence-electron chi connectivity index (χ2n) is 7.28. The zero-order chi connectivity index (χ0) is 23.4. The molecule has 0 aliphatic carbocycles. The molecule has 2 aromatic carbocycles. The molecule has 0 saturated carbocycles. The van der Waals surface area contributed by atoms with Crippen LogP contribution in [0.1, 0.15) is 33.4 Å². The summed E-state index contributed by atoms with van der Waals surface area (Å²) in [6.45, 7) is -0.280. The first-order valence-corrected chi connectivity index (χ1v) is 10.1. The predicted molar refractivity (Wildman–Crippen MR) is 112 cm³/mol. The van der Waals surface area contributed by atoms with Gasteiger partial charge in [-0.05, 0) is 24.3 Å². The Kier molecular flexibility index (Phi) is 6.45. The Hall–Kier alpha value is -4.05. The summed E-state index contributed by atoms with van der Waals surface area (Å²) in [4.78, 5) is 50.2. The van der Waals surface area contributed by atoms with Gasteiger partial charge in [0.2, 0.25) is 5.82 Å². The van der Waals surface area contributed by atoms with Crippen molar-refractivity contribution in [3.63, 3.8) is 0 Å². The number of aromatic nitrogens is 2. The van der Waals surface area contributed by atoms with Crippen molar-refractivity contribution in [2.45, 2.75) is 24.9 Å². The molecule has 0 amide bonds. The lowest BCUT2D eigenvalue weighted by Crippen LogP contribution is -2.34. The molecule has 0 bridgehead atoms. The second-order valence-corrected chi connectivity index (χ2v) is 7.28. The van der Waals surface area contributed by atoms with Crippen LogP contribution in [0.4, 0.5) is 4.39 Å². The van der Waals surface area contributed by atoms with Gasteiger partial charge in [-0.25, -0.2) is 14.4 Å². The Balaban J connectivity index is 1.53. The van der Waals surface area contributed by atoms with E-state index in [1.807, 2.05) is 4.98 Å². The summed E-state index contributed by atoms with van der Waals surface area (Å²) < 4.78 is 31.3. The van der Waals surface area contributed by atoms with E-state index in [9.17, 15) is 23.6 Å². The SMILES string of the molecule is O=C(OC[C@@H]1O[C@H](n2cc(F)c(=O)[nH]c2=O)CC1OC(=O)c1ccccc1)c1ccccc1. The molecule has 0 radical (unpaired) electrons. The molecule has 1 fully saturated rings. The van der Waals surface area contributed by atoms with Gasteiger partial charge >= 0.3 is 17.6 Å². The van der Waals surface area contributed by atoms with E-state index in [4.69, 9.17) is 14.2 Å². The van der Waals surface area contributed by atoms with Crippen molar-refractivity contribution >= 4 is 11.9 Å². The van der Waals surface area contributed by atoms with Crippen molar-refractivity contribution in [3.8, 4) is 0 Å². The zero-order valence-corrected chi connectivity index (χ0v) is 17.2. The van der Waals surface area contributed by atoms with Crippen LogP contribution in [0.5, 0.6) is 0 Å². The number of hydrogen-bond acceptors (Lipinski definition) is 7. The summed E-state index contributed by atoms with van der Waals surface area (Å²) in [5.74, 6) is -2.41. The Morgan fingerprint density at radius 2 is 1.61 bits per heavy atom. The lowest BCUT2D eigenvalue weighted by molar-refractivity contribution is -0.0584. The summed E-state index contributed by atoms with van der Waals surface area (Å²) in [7, 11) is 0. The maximum atomic E-state index is 13.8. The Morgan fingerprint density at radius 3 is 2.24 bits per heavy atom. The van der Waals surface area contributed by atoms with Crippen LogP contribution in [0.15, 0.2) is 76.4 Å². The molecule has 1 aromatic heterocycles. The number of rotatable bonds is 6. The van der Waals surface area contributed by atoms with Crippen molar-refractivity contribution in [1.82, 2.24) is 9.55 Å². The third kappa shape index (κ3) is 5.07. The van der Waals surface area contributed by atoms with Crippen LogP contribution in [-0.4, -0.2) is 40.3 Å². The highest BCUT2D eigenvalue weighted by molar-refractivity contribution is 5.90. The third-order valence-electron chi connectivity index (χ3n) is 5.07. The van der Waals surface area contributed by atoms with Crippen molar-refractivity contribution in [2.75, 3.05) is 6.61 Å². The molecule has 9 nitrogen and oxygen atoms in total. The van der Waals surface area contributed by atoms with E-state index < -0.39 is 47.4 Å². The van der Waals surface area contributed by atoms with Crippen LogP contribution in [0.25, 0.3) is 0 Å². The van der Waals surface area contributed by atoms with Crippen LogP contribution >= 0.6 is 0 Å². The highest BCUT2D eigenvalue weighted by Crippen LogP contribution is 2.31. The minimum atomic E-state index is -1.17. The first kappa shape index (κ1) is 22.2. The lowest BCUT2D eigenvalue weighted by atomic mass is 10.1. The molecule has 1 N–H and O–H groups in total. The molecule has 1 aliphatic rings. The molecule has 170 valence electrons. The van der Waals surface area contributed by atoms with E-state index in [1.54, 1.807) is 60.7 Å². The van der Waals surface area contributed by atoms with Gasteiger partial charge in [-0.1, -0.05) is 36.4 Å². The molecule has 1 saturated heterocycles. The van der Waals surface area contributed by atoms with Gasteiger partial charge in [0.25, 0.3) is 5.56 Å². The van der Waals surface area contributed by atoms with Gasteiger partial charge in [-0.3, -0.25) is 14.3 Å². The van der Waals surface area contributed by atoms with Gasteiger partial charge in [-0.2, -0.15) is 4.39 Å². The predicted octanol–water partition coefficient (Wildman–Crippen LogP) is 2.05. The largest absolute Gasteiger partial charge is 0.459 e. The first-order valence-electron chi connectivity index (χ1n) is 10.1. The van der Waals surface area contributed by atoms with Crippen LogP contribution in [0.2, 0.25) is 0 Å². The third-order valence-corrected chi connectivity index (χ3v) is 5.07. The maximum absolute atomic E-state index is 13.8. The van der Waals surface area contributed by atoms with E-state index in [0.29, 0.717) is 11.1 Å². The lowest BCUT2D eigenvalue weighted by Gasteiger charge is -2.19. The van der Waals surface area contributed by atoms with E-state index in [1.165, 1.54) is 0 Å². The number of nitrogens with zero attached hydrogens (tertiary/aromatic N) is 1. The van der Waals surface area contributed by atoms with E-state index in [-0.39, 0.29) is 13.0 Å². The fourth-order valence-corrected chi connectivity index (χ4v) is 3.42. The number of hydrogen-bond donors (Lipinski definition) is 1. The number of halogens is 1. The zero-order valence-electron chi connectivity index (χ0n) is 17.2. The van der Waals surface area contributed by atoms with E-state index in [2.05, 4.69) is 0 Å². The number of esters is 2. The minimum Gasteiger partial charge on any atom is -0.459 e. The van der Waals surface area contributed by atoms with Gasteiger partial charge in [0.15, 0.2) is 0 Å². The molecule has 10 heteroatoms. The summed E-state index contributed by atoms with van der Waals surface area (Å²) in [6, 6.07) is 16.5. The Labute approximate surface area is 186 Å². The van der Waals surface area contributed by atoms with Crippen LogP contribution < -0.4 is 11.2 Å². The normalized spacial score (nSPS) is 19.7. The van der Waals surface area contributed by atoms with Crippen molar-refractivity contribution < 1.29 is 28.2 Å². The van der Waals surface area contributed by atoms with Gasteiger partial charge in [0.05, 0.1) is 17.3 Å². The van der Waals surface area contributed by atoms with Crippen LogP contribution in [-0.2, 0) is 14.2 Å². The molecule has 1 unspecified atom stereocenters. The smallest absolute Gasteiger partial charge is 0.338 e. The molecule has 3 atom stereocenters. The molecular formula is C23H19FN2O7. The highest BCUT2D eigenvalue weighted by Gasteiger charge is 2.40. The summed E-state index contributed by atoms with van der Waals surface area (Å²) >= 11 is 0. The number of nitrogens with one attached hydrogen (secondary N) is 1. The molecule has 33 heavy (non-hydrogen) atoms. The van der Waals surface area contributed by atoms with Crippen molar-refractivity contribution in [1.29, 1.82) is 0 Å². The number of aromatic amines is 1. The minimum absolute atomic E-state index is 0.0302. The number of ether oxygens (including phenoxy) is 3. The Bertz CT molecular complexity index is 1260. The number of carbonyl (C=O) groups excluding carboxylic acids is 2. The fraction of sp³-hybridized carbons (Fsp3) is 0.217. The standard InChI is InChI=1S/C23H19FN2O7/c24-16-12-26(23(30)25-20(16)27)19-11-17(33-22(29)15-9-5-2-6-10-15)18(32-19)13-31-21(28)14-7-3-1-4-8-14/h1-10,12,17-19H,11,13H2,(H,25,27,30)/t17?,18-,19-/m0/s1. The topological polar surface area (TPSA) is 117 Å². The number of carbonyl (C=O) groups is 2. The summed E-state index contributed by atoms with van der Waals surface area (Å²) in [6.07, 6.45) is -2.21. The monoisotopic (exact) mass is 454 g/mol. The van der Waals surface area contributed by atoms with Crippen molar-refractivity contribution in [2.24, 2.45) is 0 Å². The van der Waals surface area contributed by atoms with Gasteiger partial charge < -0.3 is 14.2 Å².